The molecule has 7 nitrogen and oxygen atoms in total. The molecule has 1 atom stereocenters. The van der Waals surface area contributed by atoms with Crippen molar-refractivity contribution < 1.29 is 19.4 Å². The molecule has 21 heavy (non-hydrogen) atoms. The van der Waals surface area contributed by atoms with Crippen LogP contribution in [0.2, 0.25) is 0 Å². The number of carboxylic acid groups (broad SMARTS) is 1. The van der Waals surface area contributed by atoms with Crippen molar-refractivity contribution in [3.63, 3.8) is 0 Å². The molecule has 2 rings (SSSR count). The first-order valence-electron chi connectivity index (χ1n) is 6.31. The van der Waals surface area contributed by atoms with Crippen molar-refractivity contribution in [1.82, 2.24) is 9.97 Å². The summed E-state index contributed by atoms with van der Waals surface area (Å²) in [5.41, 5.74) is 0.685. The highest BCUT2D eigenvalue weighted by Crippen LogP contribution is 2.33. The van der Waals surface area contributed by atoms with Crippen molar-refractivity contribution in [3.8, 4) is 0 Å². The van der Waals surface area contributed by atoms with Gasteiger partial charge in [-0.2, -0.15) is 0 Å². The average Bonchev–Trinajstić information content (AvgIpc) is 2.81. The first-order chi connectivity index (χ1) is 9.99. The van der Waals surface area contributed by atoms with Crippen LogP contribution < -0.4 is 5.32 Å². The molecular formula is C13H15N3O4S. The minimum Gasteiger partial charge on any atom is -0.480 e. The Balaban J connectivity index is 2.52. The molecular weight excluding hydrogens is 294 g/mol. The molecule has 0 saturated heterocycles. The third-order valence-corrected chi connectivity index (χ3v) is 4.29. The van der Waals surface area contributed by atoms with Crippen LogP contribution in [0.3, 0.4) is 0 Å². The Morgan fingerprint density at radius 3 is 2.76 bits per heavy atom. The molecule has 0 aliphatic heterocycles. The second-order valence-electron chi connectivity index (χ2n) is 4.39. The zero-order chi connectivity index (χ0) is 15.6. The predicted molar refractivity (Wildman–Crippen MR) is 78.8 cm³/mol. The largest absolute Gasteiger partial charge is 0.480 e. The fraction of sp³-hybridized carbons (Fsp3) is 0.385. The summed E-state index contributed by atoms with van der Waals surface area (Å²) < 4.78 is 4.74. The van der Waals surface area contributed by atoms with Crippen LogP contribution in [0.15, 0.2) is 6.33 Å². The number of carbonyl (C=O) groups excluding carboxylic acids is 1. The molecule has 2 heterocycles. The minimum atomic E-state index is -0.953. The fourth-order valence-corrected chi connectivity index (χ4v) is 3.04. The molecule has 2 aromatic heterocycles. The van der Waals surface area contributed by atoms with Gasteiger partial charge in [0.05, 0.1) is 12.5 Å². The van der Waals surface area contributed by atoms with E-state index in [0.29, 0.717) is 32.9 Å². The molecule has 1 unspecified atom stereocenters. The number of esters is 1. The molecule has 0 bridgehead atoms. The molecule has 8 heteroatoms. The summed E-state index contributed by atoms with van der Waals surface area (Å²) in [6, 6.07) is -0.746. The normalized spacial score (nSPS) is 12.1. The molecule has 0 spiro atoms. The highest BCUT2D eigenvalue weighted by Gasteiger charge is 2.22. The number of aromatic nitrogens is 2. The fourth-order valence-electron chi connectivity index (χ4n) is 1.97. The second-order valence-corrected chi connectivity index (χ2v) is 5.39. The average molecular weight is 309 g/mol. The number of anilines is 1. The molecule has 0 radical (unpaired) electrons. The molecule has 0 aromatic carbocycles. The standard InChI is InChI=1S/C13H15N3O4S/c1-4-7(12(17)18)16-10-8-6(2)9(13(19)20-3)21-11(8)15-5-14-10/h5,7H,4H2,1-3H3,(H,17,18)(H,14,15,16). The smallest absolute Gasteiger partial charge is 0.348 e. The van der Waals surface area contributed by atoms with Crippen molar-refractivity contribution in [2.24, 2.45) is 0 Å². The van der Waals surface area contributed by atoms with Gasteiger partial charge in [-0.1, -0.05) is 6.92 Å². The van der Waals surface area contributed by atoms with E-state index in [1.807, 2.05) is 0 Å². The number of methoxy groups -OCH3 is 1. The van der Waals surface area contributed by atoms with Crippen molar-refractivity contribution in [3.05, 3.63) is 16.8 Å². The SMILES string of the molecule is CCC(Nc1ncnc2sc(C(=O)OC)c(C)c12)C(=O)O. The number of aliphatic carboxylic acids is 1. The van der Waals surface area contributed by atoms with Gasteiger partial charge in [-0.3, -0.25) is 0 Å². The van der Waals surface area contributed by atoms with Gasteiger partial charge in [0.2, 0.25) is 0 Å². The number of thiophene rings is 1. The Labute approximate surface area is 125 Å². The maximum absolute atomic E-state index is 11.7. The van der Waals surface area contributed by atoms with Crippen LogP contribution in [0.5, 0.6) is 0 Å². The number of hydrogen-bond donors (Lipinski definition) is 2. The minimum absolute atomic E-state index is 0.411. The van der Waals surface area contributed by atoms with Crippen LogP contribution in [0, 0.1) is 6.92 Å². The number of carbonyl (C=O) groups is 2. The van der Waals surface area contributed by atoms with Crippen molar-refractivity contribution in [2.45, 2.75) is 26.3 Å². The van der Waals surface area contributed by atoms with E-state index < -0.39 is 18.0 Å². The van der Waals surface area contributed by atoms with Gasteiger partial charge in [0.15, 0.2) is 0 Å². The van der Waals surface area contributed by atoms with E-state index >= 15 is 0 Å². The van der Waals surface area contributed by atoms with Crippen LogP contribution in [0.1, 0.15) is 28.6 Å². The van der Waals surface area contributed by atoms with Crippen molar-refractivity contribution >= 4 is 39.3 Å². The summed E-state index contributed by atoms with van der Waals surface area (Å²) in [5.74, 6) is -0.977. The molecule has 112 valence electrons. The lowest BCUT2D eigenvalue weighted by Gasteiger charge is -2.13. The Morgan fingerprint density at radius 1 is 1.48 bits per heavy atom. The van der Waals surface area contributed by atoms with E-state index in [1.165, 1.54) is 24.8 Å². The number of ether oxygens (including phenoxy) is 1. The van der Waals surface area contributed by atoms with Crippen LogP contribution in [0.4, 0.5) is 5.82 Å². The van der Waals surface area contributed by atoms with Crippen molar-refractivity contribution in [2.75, 3.05) is 12.4 Å². The molecule has 0 aliphatic carbocycles. The Hall–Kier alpha value is -2.22. The van der Waals surface area contributed by atoms with Gasteiger partial charge in [-0.25, -0.2) is 19.6 Å². The lowest BCUT2D eigenvalue weighted by atomic mass is 10.1. The van der Waals surface area contributed by atoms with Crippen LogP contribution in [-0.2, 0) is 9.53 Å². The predicted octanol–water partition coefficient (Wildman–Crippen LogP) is 2.06. The van der Waals surface area contributed by atoms with Crippen molar-refractivity contribution in [1.29, 1.82) is 0 Å². The quantitative estimate of drug-likeness (QED) is 0.815. The number of carboxylic acids is 1. The molecule has 0 saturated carbocycles. The Morgan fingerprint density at radius 2 is 2.19 bits per heavy atom. The number of fused-ring (bicyclic) bond motifs is 1. The zero-order valence-corrected chi connectivity index (χ0v) is 12.7. The lowest BCUT2D eigenvalue weighted by molar-refractivity contribution is -0.137. The van der Waals surface area contributed by atoms with Gasteiger partial charge in [-0.15, -0.1) is 11.3 Å². The van der Waals surface area contributed by atoms with Crippen LogP contribution >= 0.6 is 11.3 Å². The van der Waals surface area contributed by atoms with Gasteiger partial charge < -0.3 is 15.2 Å². The summed E-state index contributed by atoms with van der Waals surface area (Å²) in [7, 11) is 1.31. The maximum atomic E-state index is 11.7. The van der Waals surface area contributed by atoms with Gasteiger partial charge in [-0.05, 0) is 18.9 Å². The first kappa shape index (κ1) is 15.2. The van der Waals surface area contributed by atoms with E-state index in [-0.39, 0.29) is 0 Å². The molecule has 2 N–H and O–H groups in total. The highest BCUT2D eigenvalue weighted by molar-refractivity contribution is 7.20. The molecule has 0 aliphatic rings. The Bertz CT molecular complexity index is 698. The van der Waals surface area contributed by atoms with E-state index in [9.17, 15) is 9.59 Å². The van der Waals surface area contributed by atoms with Gasteiger partial charge in [0, 0.05) is 0 Å². The lowest BCUT2D eigenvalue weighted by Crippen LogP contribution is -2.28. The number of nitrogens with one attached hydrogen (secondary N) is 1. The van der Waals surface area contributed by atoms with Gasteiger partial charge in [0.25, 0.3) is 0 Å². The Kier molecular flexibility index (Phi) is 4.37. The summed E-state index contributed by atoms with van der Waals surface area (Å²) in [5, 5.41) is 12.7. The summed E-state index contributed by atoms with van der Waals surface area (Å²) in [6.07, 6.45) is 1.75. The maximum Gasteiger partial charge on any atom is 0.348 e. The summed E-state index contributed by atoms with van der Waals surface area (Å²) >= 11 is 1.20. The zero-order valence-electron chi connectivity index (χ0n) is 11.8. The molecule has 2 aromatic rings. The van der Waals surface area contributed by atoms with Gasteiger partial charge in [0.1, 0.15) is 27.9 Å². The number of nitrogens with zero attached hydrogens (tertiary/aromatic N) is 2. The van der Waals surface area contributed by atoms with Crippen LogP contribution in [-0.4, -0.2) is 40.2 Å². The monoisotopic (exact) mass is 309 g/mol. The molecule has 0 amide bonds. The second kappa shape index (κ2) is 6.04. The topological polar surface area (TPSA) is 101 Å². The number of rotatable bonds is 5. The first-order valence-corrected chi connectivity index (χ1v) is 7.13. The van der Waals surface area contributed by atoms with E-state index in [2.05, 4.69) is 15.3 Å². The highest BCUT2D eigenvalue weighted by atomic mass is 32.1. The van der Waals surface area contributed by atoms with E-state index in [0.717, 1.165) is 0 Å². The number of aryl methyl sites for hydroxylation is 1. The third-order valence-electron chi connectivity index (χ3n) is 3.11. The summed E-state index contributed by atoms with van der Waals surface area (Å²) in [4.78, 5) is 32.2. The van der Waals surface area contributed by atoms with E-state index in [4.69, 9.17) is 9.84 Å². The summed E-state index contributed by atoms with van der Waals surface area (Å²) in [6.45, 7) is 3.53. The van der Waals surface area contributed by atoms with Crippen LogP contribution in [0.25, 0.3) is 10.2 Å². The molecule has 0 fully saturated rings. The number of hydrogen-bond acceptors (Lipinski definition) is 7. The van der Waals surface area contributed by atoms with Gasteiger partial charge >= 0.3 is 11.9 Å². The van der Waals surface area contributed by atoms with E-state index in [1.54, 1.807) is 13.8 Å². The third kappa shape index (κ3) is 2.80.